The Kier molecular flexibility index (Phi) is 6.47. The van der Waals surface area contributed by atoms with E-state index < -0.39 is 5.97 Å². The van der Waals surface area contributed by atoms with Crippen LogP contribution in [0.4, 0.5) is 0 Å². The third-order valence-corrected chi connectivity index (χ3v) is 4.97. The predicted molar refractivity (Wildman–Crippen MR) is 104 cm³/mol. The highest BCUT2D eigenvalue weighted by Crippen LogP contribution is 2.22. The van der Waals surface area contributed by atoms with Crippen LogP contribution in [0, 0.1) is 0 Å². The fourth-order valence-electron chi connectivity index (χ4n) is 2.97. The first-order valence-corrected chi connectivity index (χ1v) is 9.52. The van der Waals surface area contributed by atoms with Gasteiger partial charge in [0.1, 0.15) is 11.3 Å². The molecule has 0 aliphatic carbocycles. The third kappa shape index (κ3) is 5.30. The molecule has 1 fully saturated rings. The van der Waals surface area contributed by atoms with Gasteiger partial charge in [-0.05, 0) is 23.8 Å². The van der Waals surface area contributed by atoms with Crippen LogP contribution in [0.1, 0.15) is 15.9 Å². The van der Waals surface area contributed by atoms with Crippen molar-refractivity contribution >= 4 is 27.8 Å². The standard InChI is InChI=1S/C20H21BrN2O4/c21-16-6-7-18(24)17(12-16)20(26)27-14-19(25)23-10-8-22(9-11-23)13-15-4-2-1-3-5-15/h1-7,12,24H,8-11,13-14H2. The molecule has 1 heterocycles. The number of hydrogen-bond acceptors (Lipinski definition) is 5. The molecule has 27 heavy (non-hydrogen) atoms. The van der Waals surface area contributed by atoms with E-state index in [0.29, 0.717) is 17.6 Å². The molecule has 0 unspecified atom stereocenters. The lowest BCUT2D eigenvalue weighted by Crippen LogP contribution is -2.49. The van der Waals surface area contributed by atoms with Crippen molar-refractivity contribution in [2.45, 2.75) is 6.54 Å². The van der Waals surface area contributed by atoms with Gasteiger partial charge in [-0.25, -0.2) is 4.79 Å². The molecule has 1 aliphatic heterocycles. The number of esters is 1. The summed E-state index contributed by atoms with van der Waals surface area (Å²) in [6, 6.07) is 14.7. The fraction of sp³-hybridized carbons (Fsp3) is 0.300. The first-order chi connectivity index (χ1) is 13.0. The van der Waals surface area contributed by atoms with Gasteiger partial charge in [-0.3, -0.25) is 9.69 Å². The van der Waals surface area contributed by atoms with Gasteiger partial charge in [0.25, 0.3) is 5.91 Å². The minimum Gasteiger partial charge on any atom is -0.507 e. The Bertz CT molecular complexity index is 805. The van der Waals surface area contributed by atoms with Gasteiger partial charge >= 0.3 is 5.97 Å². The summed E-state index contributed by atoms with van der Waals surface area (Å²) >= 11 is 3.24. The van der Waals surface area contributed by atoms with Gasteiger partial charge in [0.2, 0.25) is 0 Å². The van der Waals surface area contributed by atoms with Crippen molar-refractivity contribution in [1.82, 2.24) is 9.80 Å². The molecular weight excluding hydrogens is 412 g/mol. The van der Waals surface area contributed by atoms with Crippen LogP contribution in [0.3, 0.4) is 0 Å². The van der Waals surface area contributed by atoms with E-state index in [9.17, 15) is 14.7 Å². The quantitative estimate of drug-likeness (QED) is 0.735. The van der Waals surface area contributed by atoms with E-state index in [0.717, 1.165) is 19.6 Å². The Hall–Kier alpha value is -2.38. The van der Waals surface area contributed by atoms with E-state index in [-0.39, 0.29) is 23.8 Å². The summed E-state index contributed by atoms with van der Waals surface area (Å²) in [6.07, 6.45) is 0. The molecule has 0 saturated carbocycles. The van der Waals surface area contributed by atoms with Crippen molar-refractivity contribution in [1.29, 1.82) is 0 Å². The highest BCUT2D eigenvalue weighted by molar-refractivity contribution is 9.10. The molecule has 0 radical (unpaired) electrons. The molecule has 1 N–H and O–H groups in total. The highest BCUT2D eigenvalue weighted by atomic mass is 79.9. The van der Waals surface area contributed by atoms with Crippen molar-refractivity contribution < 1.29 is 19.4 Å². The van der Waals surface area contributed by atoms with Crippen molar-refractivity contribution in [3.63, 3.8) is 0 Å². The van der Waals surface area contributed by atoms with Gasteiger partial charge in [0.05, 0.1) is 0 Å². The van der Waals surface area contributed by atoms with Crippen LogP contribution < -0.4 is 0 Å². The van der Waals surface area contributed by atoms with Crippen LogP contribution in [-0.2, 0) is 16.1 Å². The number of amides is 1. The lowest BCUT2D eigenvalue weighted by atomic mass is 10.2. The molecule has 6 nitrogen and oxygen atoms in total. The summed E-state index contributed by atoms with van der Waals surface area (Å²) in [7, 11) is 0. The van der Waals surface area contributed by atoms with E-state index in [1.165, 1.54) is 17.7 Å². The summed E-state index contributed by atoms with van der Waals surface area (Å²) in [5.74, 6) is -1.12. The molecule has 0 bridgehead atoms. The molecular formula is C20H21BrN2O4. The molecule has 0 aromatic heterocycles. The number of aromatic hydroxyl groups is 1. The van der Waals surface area contributed by atoms with Crippen molar-refractivity contribution in [2.75, 3.05) is 32.8 Å². The average Bonchev–Trinajstić information content (AvgIpc) is 2.69. The number of hydrogen-bond donors (Lipinski definition) is 1. The zero-order valence-corrected chi connectivity index (χ0v) is 16.4. The Balaban J connectivity index is 1.45. The maximum atomic E-state index is 12.3. The lowest BCUT2D eigenvalue weighted by Gasteiger charge is -2.34. The second-order valence-electron chi connectivity index (χ2n) is 6.38. The molecule has 2 aromatic rings. The van der Waals surface area contributed by atoms with Crippen LogP contribution in [-0.4, -0.2) is 59.6 Å². The molecule has 1 saturated heterocycles. The maximum Gasteiger partial charge on any atom is 0.342 e. The smallest absolute Gasteiger partial charge is 0.342 e. The zero-order valence-electron chi connectivity index (χ0n) is 14.8. The number of phenolic OH excluding ortho intramolecular Hbond substituents is 1. The number of halogens is 1. The molecule has 7 heteroatoms. The summed E-state index contributed by atoms with van der Waals surface area (Å²) in [5, 5.41) is 9.75. The van der Waals surface area contributed by atoms with Crippen LogP contribution in [0.25, 0.3) is 0 Å². The molecule has 1 aliphatic rings. The van der Waals surface area contributed by atoms with Crippen molar-refractivity contribution in [3.05, 3.63) is 64.1 Å². The summed E-state index contributed by atoms with van der Waals surface area (Å²) in [5.41, 5.74) is 1.28. The molecule has 142 valence electrons. The summed E-state index contributed by atoms with van der Waals surface area (Å²) in [4.78, 5) is 28.4. The predicted octanol–water partition coefficient (Wildman–Crippen LogP) is 2.66. The Labute approximate surface area is 166 Å². The first kappa shape index (κ1) is 19.4. The molecule has 0 atom stereocenters. The lowest BCUT2D eigenvalue weighted by molar-refractivity contribution is -0.136. The van der Waals surface area contributed by atoms with Crippen molar-refractivity contribution in [2.24, 2.45) is 0 Å². The van der Waals surface area contributed by atoms with Crippen LogP contribution in [0.15, 0.2) is 53.0 Å². The number of piperazine rings is 1. The number of ether oxygens (including phenoxy) is 1. The zero-order chi connectivity index (χ0) is 19.2. The van der Waals surface area contributed by atoms with Gasteiger partial charge in [-0.1, -0.05) is 46.3 Å². The first-order valence-electron chi connectivity index (χ1n) is 8.72. The number of carbonyl (C=O) groups is 2. The second kappa shape index (κ2) is 9.01. The van der Waals surface area contributed by atoms with E-state index in [1.807, 2.05) is 18.2 Å². The van der Waals surface area contributed by atoms with Gasteiger partial charge in [0.15, 0.2) is 6.61 Å². The van der Waals surface area contributed by atoms with Gasteiger partial charge in [-0.2, -0.15) is 0 Å². The maximum absolute atomic E-state index is 12.3. The van der Waals surface area contributed by atoms with E-state index >= 15 is 0 Å². The fourth-order valence-corrected chi connectivity index (χ4v) is 3.33. The normalized spacial score (nSPS) is 14.8. The van der Waals surface area contributed by atoms with E-state index in [4.69, 9.17) is 4.74 Å². The highest BCUT2D eigenvalue weighted by Gasteiger charge is 2.23. The minimum atomic E-state index is -0.718. The number of nitrogens with zero attached hydrogens (tertiary/aromatic N) is 2. The SMILES string of the molecule is O=C(OCC(=O)N1CCN(Cc2ccccc2)CC1)c1cc(Br)ccc1O. The summed E-state index contributed by atoms with van der Waals surface area (Å²) < 4.78 is 5.72. The van der Waals surface area contributed by atoms with E-state index in [2.05, 4.69) is 33.0 Å². The largest absolute Gasteiger partial charge is 0.507 e. The van der Waals surface area contributed by atoms with Gasteiger partial charge in [0, 0.05) is 37.2 Å². The van der Waals surface area contributed by atoms with Crippen molar-refractivity contribution in [3.8, 4) is 5.75 Å². The Morgan fingerprint density at radius 1 is 1.04 bits per heavy atom. The van der Waals surface area contributed by atoms with Crippen LogP contribution >= 0.6 is 15.9 Å². The van der Waals surface area contributed by atoms with E-state index in [1.54, 1.807) is 11.0 Å². The molecule has 1 amide bonds. The average molecular weight is 433 g/mol. The van der Waals surface area contributed by atoms with Gasteiger partial charge in [-0.15, -0.1) is 0 Å². The minimum absolute atomic E-state index is 0.0323. The second-order valence-corrected chi connectivity index (χ2v) is 7.30. The number of carbonyl (C=O) groups excluding carboxylic acids is 2. The molecule has 2 aromatic carbocycles. The summed E-state index contributed by atoms with van der Waals surface area (Å²) in [6.45, 7) is 3.29. The number of phenols is 1. The Morgan fingerprint density at radius 3 is 2.44 bits per heavy atom. The van der Waals surface area contributed by atoms with Crippen LogP contribution in [0.2, 0.25) is 0 Å². The molecule has 3 rings (SSSR count). The molecule has 0 spiro atoms. The van der Waals surface area contributed by atoms with Gasteiger partial charge < -0.3 is 14.7 Å². The van der Waals surface area contributed by atoms with Crippen LogP contribution in [0.5, 0.6) is 5.75 Å². The number of rotatable bonds is 5. The third-order valence-electron chi connectivity index (χ3n) is 4.48. The monoisotopic (exact) mass is 432 g/mol. The number of benzene rings is 2. The topological polar surface area (TPSA) is 70.1 Å². The Morgan fingerprint density at radius 2 is 1.74 bits per heavy atom.